The van der Waals surface area contributed by atoms with Crippen LogP contribution in [0.1, 0.15) is 52.9 Å². The Morgan fingerprint density at radius 1 is 1.18 bits per heavy atom. The average molecular weight is 313 g/mol. The fourth-order valence-electron chi connectivity index (χ4n) is 2.81. The van der Waals surface area contributed by atoms with Crippen LogP contribution in [0.5, 0.6) is 0 Å². The van der Waals surface area contributed by atoms with E-state index < -0.39 is 5.60 Å². The van der Waals surface area contributed by atoms with Gasteiger partial charge in [-0.25, -0.2) is 4.79 Å². The van der Waals surface area contributed by atoms with E-state index in [0.717, 1.165) is 12.8 Å². The number of hydrogen-bond acceptors (Lipinski definition) is 5. The molecule has 0 saturated carbocycles. The molecule has 0 bridgehead atoms. The second-order valence-electron chi connectivity index (χ2n) is 6.86. The normalized spacial score (nSPS) is 23.6. The van der Waals surface area contributed by atoms with Gasteiger partial charge in [-0.15, -0.1) is 0 Å². The summed E-state index contributed by atoms with van der Waals surface area (Å²) in [5.41, 5.74) is -0.548. The van der Waals surface area contributed by atoms with Crippen molar-refractivity contribution < 1.29 is 23.8 Å². The van der Waals surface area contributed by atoms with Crippen LogP contribution in [0.15, 0.2) is 0 Å². The molecule has 1 amide bonds. The number of likely N-dealkylation sites (tertiary alicyclic amines) is 1. The molecule has 2 fully saturated rings. The van der Waals surface area contributed by atoms with Gasteiger partial charge < -0.3 is 14.2 Å². The third kappa shape index (κ3) is 4.95. The van der Waals surface area contributed by atoms with Gasteiger partial charge in [-0.3, -0.25) is 9.69 Å². The highest BCUT2D eigenvalue weighted by Crippen LogP contribution is 2.23. The molecule has 1 atom stereocenters. The van der Waals surface area contributed by atoms with Gasteiger partial charge in [0.25, 0.3) is 0 Å². The molecule has 2 heterocycles. The Kier molecular flexibility index (Phi) is 5.81. The number of carbonyl (C=O) groups excluding carboxylic acids is 2. The molecule has 0 aromatic heterocycles. The minimum Gasteiger partial charge on any atom is -0.444 e. The Hall–Kier alpha value is -1.14. The number of rotatable bonds is 4. The summed E-state index contributed by atoms with van der Waals surface area (Å²) < 4.78 is 16.1. The number of carbonyl (C=O) groups is 2. The first-order valence-electron chi connectivity index (χ1n) is 8.12. The molecule has 0 N–H and O–H groups in total. The lowest BCUT2D eigenvalue weighted by atomic mass is 9.96. The lowest BCUT2D eigenvalue weighted by Gasteiger charge is -2.36. The quantitative estimate of drug-likeness (QED) is 0.798. The number of hydrogen-bond donors (Lipinski definition) is 0. The van der Waals surface area contributed by atoms with Crippen LogP contribution in [0, 0.1) is 0 Å². The van der Waals surface area contributed by atoms with Crippen LogP contribution < -0.4 is 0 Å². The van der Waals surface area contributed by atoms with Crippen LogP contribution in [0.4, 0.5) is 4.79 Å². The second kappa shape index (κ2) is 7.42. The Morgan fingerprint density at radius 3 is 2.50 bits per heavy atom. The van der Waals surface area contributed by atoms with Crippen molar-refractivity contribution in [1.29, 1.82) is 0 Å². The Balaban J connectivity index is 1.90. The molecule has 0 spiro atoms. The average Bonchev–Trinajstić information content (AvgIpc) is 2.96. The lowest BCUT2D eigenvalue weighted by Crippen LogP contribution is -2.49. The van der Waals surface area contributed by atoms with E-state index >= 15 is 0 Å². The molecular weight excluding hydrogens is 286 g/mol. The molecule has 0 aromatic rings. The highest BCUT2D eigenvalue weighted by molar-refractivity contribution is 5.87. The standard InChI is InChI=1S/C16H27NO5/c1-16(2,3)22-15(19)17-9-5-4-6-12(17)13(18)7-8-14-20-10-11-21-14/h12,14H,4-11H2,1-3H3/t12-/m1/s1. The number of nitrogens with zero attached hydrogens (tertiary/aromatic N) is 1. The maximum absolute atomic E-state index is 12.5. The van der Waals surface area contributed by atoms with Crippen molar-refractivity contribution in [1.82, 2.24) is 4.90 Å². The van der Waals surface area contributed by atoms with E-state index in [9.17, 15) is 9.59 Å². The van der Waals surface area contributed by atoms with Gasteiger partial charge >= 0.3 is 6.09 Å². The number of ketones is 1. The van der Waals surface area contributed by atoms with E-state index in [2.05, 4.69) is 0 Å². The van der Waals surface area contributed by atoms with Crippen LogP contribution in [-0.2, 0) is 19.0 Å². The van der Waals surface area contributed by atoms with E-state index in [1.165, 1.54) is 0 Å². The summed E-state index contributed by atoms with van der Waals surface area (Å²) in [5.74, 6) is 0.0738. The van der Waals surface area contributed by atoms with E-state index in [1.807, 2.05) is 20.8 Å². The Labute approximate surface area is 132 Å². The smallest absolute Gasteiger partial charge is 0.410 e. The highest BCUT2D eigenvalue weighted by atomic mass is 16.7. The van der Waals surface area contributed by atoms with Crippen molar-refractivity contribution >= 4 is 11.9 Å². The Bertz CT molecular complexity index is 398. The molecular formula is C16H27NO5. The molecule has 2 rings (SSSR count). The zero-order valence-corrected chi connectivity index (χ0v) is 13.8. The predicted octanol–water partition coefficient (Wildman–Crippen LogP) is 2.50. The SMILES string of the molecule is CC(C)(C)OC(=O)N1CCCC[C@@H]1C(=O)CCC1OCCO1. The second-order valence-corrected chi connectivity index (χ2v) is 6.86. The van der Waals surface area contributed by atoms with E-state index in [1.54, 1.807) is 4.90 Å². The molecule has 0 unspecified atom stereocenters. The summed E-state index contributed by atoms with van der Waals surface area (Å²) in [4.78, 5) is 26.4. The molecule has 6 nitrogen and oxygen atoms in total. The zero-order valence-electron chi connectivity index (χ0n) is 13.8. The van der Waals surface area contributed by atoms with Crippen LogP contribution in [0.2, 0.25) is 0 Å². The van der Waals surface area contributed by atoms with Gasteiger partial charge in [0.1, 0.15) is 5.60 Å². The maximum atomic E-state index is 12.5. The minimum atomic E-state index is -0.548. The monoisotopic (exact) mass is 313 g/mol. The van der Waals surface area contributed by atoms with Gasteiger partial charge in [0, 0.05) is 19.4 Å². The number of Topliss-reactive ketones (excluding diaryl/α,β-unsaturated/α-hetero) is 1. The summed E-state index contributed by atoms with van der Waals surface area (Å²) in [6, 6.07) is -0.370. The summed E-state index contributed by atoms with van der Waals surface area (Å²) in [5, 5.41) is 0. The first-order chi connectivity index (χ1) is 10.4. The largest absolute Gasteiger partial charge is 0.444 e. The molecule has 6 heteroatoms. The first-order valence-corrected chi connectivity index (χ1v) is 8.12. The van der Waals surface area contributed by atoms with Gasteiger partial charge in [-0.2, -0.15) is 0 Å². The molecule has 2 saturated heterocycles. The van der Waals surface area contributed by atoms with E-state index in [-0.39, 0.29) is 24.2 Å². The van der Waals surface area contributed by atoms with Crippen LogP contribution in [0.3, 0.4) is 0 Å². The number of piperidine rings is 1. The molecule has 126 valence electrons. The molecule has 0 aromatic carbocycles. The van der Waals surface area contributed by atoms with Crippen molar-refractivity contribution in [3.8, 4) is 0 Å². The first kappa shape index (κ1) is 17.2. The number of amides is 1. The molecule has 2 aliphatic rings. The molecule has 0 aliphatic carbocycles. The molecule has 0 radical (unpaired) electrons. The van der Waals surface area contributed by atoms with Gasteiger partial charge in [0.2, 0.25) is 0 Å². The van der Waals surface area contributed by atoms with Crippen LogP contribution in [-0.4, -0.2) is 54.5 Å². The summed E-state index contributed by atoms with van der Waals surface area (Å²) >= 11 is 0. The molecule has 22 heavy (non-hydrogen) atoms. The fraction of sp³-hybridized carbons (Fsp3) is 0.875. The van der Waals surface area contributed by atoms with Crippen molar-refractivity contribution in [2.45, 2.75) is 70.8 Å². The predicted molar refractivity (Wildman–Crippen MR) is 80.5 cm³/mol. The van der Waals surface area contributed by atoms with Gasteiger partial charge in [-0.1, -0.05) is 0 Å². The van der Waals surface area contributed by atoms with Gasteiger partial charge in [-0.05, 0) is 40.0 Å². The summed E-state index contributed by atoms with van der Waals surface area (Å²) in [6.45, 7) is 7.27. The molecule has 2 aliphatic heterocycles. The topological polar surface area (TPSA) is 65.1 Å². The van der Waals surface area contributed by atoms with Crippen molar-refractivity contribution in [3.63, 3.8) is 0 Å². The zero-order chi connectivity index (χ0) is 16.2. The van der Waals surface area contributed by atoms with Crippen LogP contribution >= 0.6 is 0 Å². The maximum Gasteiger partial charge on any atom is 0.410 e. The Morgan fingerprint density at radius 2 is 1.86 bits per heavy atom. The van der Waals surface area contributed by atoms with E-state index in [0.29, 0.717) is 39.0 Å². The van der Waals surface area contributed by atoms with E-state index in [4.69, 9.17) is 14.2 Å². The minimum absolute atomic E-state index is 0.0738. The van der Waals surface area contributed by atoms with Gasteiger partial charge in [0.15, 0.2) is 12.1 Å². The fourth-order valence-corrected chi connectivity index (χ4v) is 2.81. The van der Waals surface area contributed by atoms with Crippen molar-refractivity contribution in [3.05, 3.63) is 0 Å². The lowest BCUT2D eigenvalue weighted by molar-refractivity contribution is -0.127. The van der Waals surface area contributed by atoms with Gasteiger partial charge in [0.05, 0.1) is 19.3 Å². The third-order valence-electron chi connectivity index (χ3n) is 3.82. The third-order valence-corrected chi connectivity index (χ3v) is 3.82. The summed E-state index contributed by atoms with van der Waals surface area (Å²) in [6.07, 6.45) is 2.85. The van der Waals surface area contributed by atoms with Crippen molar-refractivity contribution in [2.24, 2.45) is 0 Å². The highest BCUT2D eigenvalue weighted by Gasteiger charge is 2.34. The number of ether oxygens (including phenoxy) is 3. The summed E-state index contributed by atoms with van der Waals surface area (Å²) in [7, 11) is 0. The van der Waals surface area contributed by atoms with Crippen molar-refractivity contribution in [2.75, 3.05) is 19.8 Å². The van der Waals surface area contributed by atoms with Crippen LogP contribution in [0.25, 0.3) is 0 Å².